The highest BCUT2D eigenvalue weighted by Crippen LogP contribution is 2.24. The lowest BCUT2D eigenvalue weighted by molar-refractivity contribution is -0.150. The zero-order valence-electron chi connectivity index (χ0n) is 18.4. The fourth-order valence-corrected chi connectivity index (χ4v) is 3.86. The van der Waals surface area contributed by atoms with Crippen LogP contribution >= 0.6 is 11.6 Å². The molecule has 3 N–H and O–H groups in total. The third-order valence-electron chi connectivity index (χ3n) is 5.49. The quantitative estimate of drug-likeness (QED) is 0.300. The number of rotatable bonds is 8. The Morgan fingerprint density at radius 3 is 2.74 bits per heavy atom. The van der Waals surface area contributed by atoms with Crippen molar-refractivity contribution in [3.05, 3.63) is 70.4 Å². The van der Waals surface area contributed by atoms with E-state index in [0.29, 0.717) is 24.0 Å². The van der Waals surface area contributed by atoms with Gasteiger partial charge in [0, 0.05) is 23.7 Å². The maximum absolute atomic E-state index is 12.7. The molecule has 176 valence electrons. The smallest absolute Gasteiger partial charge is 0.297 e. The molecule has 4 amide bonds. The summed E-state index contributed by atoms with van der Waals surface area (Å²) in [5.41, 5.74) is 2.81. The lowest BCUT2D eigenvalue weighted by atomic mass is 10.0. The lowest BCUT2D eigenvalue weighted by Crippen LogP contribution is -2.54. The number of benzene rings is 2. The molecule has 0 saturated carbocycles. The number of anilines is 1. The van der Waals surface area contributed by atoms with Crippen LogP contribution < -0.4 is 20.7 Å². The number of nitrogens with zero attached hydrogens (tertiary/aromatic N) is 1. The van der Waals surface area contributed by atoms with Crippen LogP contribution in [-0.4, -0.2) is 41.2 Å². The Morgan fingerprint density at radius 2 is 1.97 bits per heavy atom. The highest BCUT2D eigenvalue weighted by molar-refractivity contribution is 6.31. The van der Waals surface area contributed by atoms with E-state index >= 15 is 0 Å². The average Bonchev–Trinajstić information content (AvgIpc) is 3.07. The van der Waals surface area contributed by atoms with Crippen LogP contribution in [0.15, 0.2) is 54.3 Å². The number of amides is 4. The lowest BCUT2D eigenvalue weighted by Gasteiger charge is -2.27. The molecule has 2 heterocycles. The van der Waals surface area contributed by atoms with Crippen molar-refractivity contribution in [3.63, 3.8) is 0 Å². The minimum Gasteiger partial charge on any atom is -0.451 e. The summed E-state index contributed by atoms with van der Waals surface area (Å²) >= 11 is 6.13. The van der Waals surface area contributed by atoms with Crippen LogP contribution in [0.1, 0.15) is 24.0 Å². The maximum atomic E-state index is 12.7. The first-order chi connectivity index (χ1) is 16.3. The molecule has 1 unspecified atom stereocenters. The molecule has 2 aliphatic heterocycles. The summed E-state index contributed by atoms with van der Waals surface area (Å²) in [4.78, 5) is 49.4. The van der Waals surface area contributed by atoms with E-state index < -0.39 is 29.7 Å². The number of piperidine rings is 1. The SMILES string of the molecule is Cc1ccc(NCNCc2cccc(OC3=CC(=O)N(C4CCC(=O)NC4=O)C3=O)c2)cc1Cl. The summed E-state index contributed by atoms with van der Waals surface area (Å²) < 4.78 is 5.67. The number of nitrogens with one attached hydrogen (secondary N) is 3. The van der Waals surface area contributed by atoms with Crippen LogP contribution in [0.2, 0.25) is 5.02 Å². The van der Waals surface area contributed by atoms with Crippen molar-refractivity contribution in [2.75, 3.05) is 12.0 Å². The van der Waals surface area contributed by atoms with E-state index in [0.717, 1.165) is 27.8 Å². The molecule has 1 fully saturated rings. The molecule has 1 saturated heterocycles. The molecule has 2 aliphatic rings. The van der Waals surface area contributed by atoms with Gasteiger partial charge in [0.15, 0.2) is 5.76 Å². The zero-order valence-corrected chi connectivity index (χ0v) is 19.1. The summed E-state index contributed by atoms with van der Waals surface area (Å²) in [5.74, 6) is -2.22. The molecule has 0 spiro atoms. The van der Waals surface area contributed by atoms with E-state index in [1.54, 1.807) is 18.2 Å². The molecule has 34 heavy (non-hydrogen) atoms. The van der Waals surface area contributed by atoms with Gasteiger partial charge in [-0.1, -0.05) is 29.8 Å². The molecule has 4 rings (SSSR count). The van der Waals surface area contributed by atoms with Crippen LogP contribution in [-0.2, 0) is 25.7 Å². The second-order valence-electron chi connectivity index (χ2n) is 7.98. The van der Waals surface area contributed by atoms with E-state index in [1.807, 2.05) is 31.2 Å². The van der Waals surface area contributed by atoms with Crippen molar-refractivity contribution in [1.29, 1.82) is 0 Å². The second kappa shape index (κ2) is 10.1. The van der Waals surface area contributed by atoms with Crippen molar-refractivity contribution in [3.8, 4) is 5.75 Å². The van der Waals surface area contributed by atoms with Gasteiger partial charge in [-0.15, -0.1) is 0 Å². The Hall–Kier alpha value is -3.69. The van der Waals surface area contributed by atoms with Gasteiger partial charge in [-0.3, -0.25) is 34.7 Å². The monoisotopic (exact) mass is 482 g/mol. The van der Waals surface area contributed by atoms with Gasteiger partial charge in [0.05, 0.1) is 12.7 Å². The molecule has 0 aromatic heterocycles. The molecule has 0 radical (unpaired) electrons. The molecule has 2 aromatic carbocycles. The fraction of sp³-hybridized carbons (Fsp3) is 0.250. The molecule has 9 nitrogen and oxygen atoms in total. The number of halogens is 1. The molecule has 2 aromatic rings. The minimum atomic E-state index is -1.03. The second-order valence-corrected chi connectivity index (χ2v) is 8.39. The van der Waals surface area contributed by atoms with E-state index in [4.69, 9.17) is 16.3 Å². The molecule has 0 aliphatic carbocycles. The first-order valence-electron chi connectivity index (χ1n) is 10.7. The summed E-state index contributed by atoms with van der Waals surface area (Å²) in [6.45, 7) is 2.97. The predicted molar refractivity (Wildman–Crippen MR) is 125 cm³/mol. The number of hydrogen-bond donors (Lipinski definition) is 3. The van der Waals surface area contributed by atoms with E-state index in [1.165, 1.54) is 0 Å². The maximum Gasteiger partial charge on any atom is 0.297 e. The largest absolute Gasteiger partial charge is 0.451 e. The average molecular weight is 483 g/mol. The summed E-state index contributed by atoms with van der Waals surface area (Å²) in [6.07, 6.45) is 1.21. The first-order valence-corrected chi connectivity index (χ1v) is 11.1. The van der Waals surface area contributed by atoms with E-state index in [-0.39, 0.29) is 18.6 Å². The third-order valence-corrected chi connectivity index (χ3v) is 5.90. The van der Waals surface area contributed by atoms with Gasteiger partial charge < -0.3 is 10.1 Å². The Bertz CT molecular complexity index is 1200. The highest BCUT2D eigenvalue weighted by atomic mass is 35.5. The standard InChI is InChI=1S/C24H23ClN4O5/c1-14-5-6-16(10-18(14)25)27-13-26-12-15-3-2-4-17(9-15)34-20-11-22(31)29(24(20)33)19-7-8-21(30)28-23(19)32/h2-6,9-11,19,26-27H,7-8,12-13H2,1H3,(H,28,30,32). The van der Waals surface area contributed by atoms with Gasteiger partial charge in [0.2, 0.25) is 11.8 Å². The normalized spacial score (nSPS) is 18.1. The van der Waals surface area contributed by atoms with Crippen LogP contribution in [0.4, 0.5) is 5.69 Å². The van der Waals surface area contributed by atoms with E-state index in [2.05, 4.69) is 16.0 Å². The number of aryl methyl sites for hydroxylation is 1. The topological polar surface area (TPSA) is 117 Å². The summed E-state index contributed by atoms with van der Waals surface area (Å²) in [6, 6.07) is 11.8. The number of imide groups is 2. The molecule has 1 atom stereocenters. The van der Waals surface area contributed by atoms with Crippen LogP contribution in [0.25, 0.3) is 0 Å². The fourth-order valence-electron chi connectivity index (χ4n) is 3.68. The molecule has 0 bridgehead atoms. The Labute approximate surface area is 201 Å². The van der Waals surface area contributed by atoms with Crippen LogP contribution in [0, 0.1) is 6.92 Å². The van der Waals surface area contributed by atoms with Gasteiger partial charge in [-0.2, -0.15) is 0 Å². The number of ether oxygens (including phenoxy) is 1. The summed E-state index contributed by atoms with van der Waals surface area (Å²) in [5, 5.41) is 9.33. The molecule has 10 heteroatoms. The third kappa shape index (κ3) is 5.27. The van der Waals surface area contributed by atoms with Crippen molar-refractivity contribution >= 4 is 40.9 Å². The van der Waals surface area contributed by atoms with Crippen LogP contribution in [0.5, 0.6) is 5.75 Å². The number of carbonyl (C=O) groups excluding carboxylic acids is 4. The summed E-state index contributed by atoms with van der Waals surface area (Å²) in [7, 11) is 0. The van der Waals surface area contributed by atoms with E-state index in [9.17, 15) is 19.2 Å². The van der Waals surface area contributed by atoms with Crippen molar-refractivity contribution in [2.24, 2.45) is 0 Å². The van der Waals surface area contributed by atoms with Gasteiger partial charge in [0.1, 0.15) is 11.8 Å². The van der Waals surface area contributed by atoms with Crippen LogP contribution in [0.3, 0.4) is 0 Å². The number of hydrogen-bond acceptors (Lipinski definition) is 7. The first kappa shape index (κ1) is 23.5. The highest BCUT2D eigenvalue weighted by Gasteiger charge is 2.43. The van der Waals surface area contributed by atoms with Gasteiger partial charge in [-0.25, -0.2) is 0 Å². The minimum absolute atomic E-state index is 0.0600. The molecular weight excluding hydrogens is 460 g/mol. The van der Waals surface area contributed by atoms with Crippen molar-refractivity contribution < 1.29 is 23.9 Å². The van der Waals surface area contributed by atoms with Crippen molar-refractivity contribution in [1.82, 2.24) is 15.5 Å². The molecular formula is C24H23ClN4O5. The Morgan fingerprint density at radius 1 is 1.15 bits per heavy atom. The van der Waals surface area contributed by atoms with Crippen molar-refractivity contribution in [2.45, 2.75) is 32.4 Å². The zero-order chi connectivity index (χ0) is 24.2. The number of carbonyl (C=O) groups is 4. The van der Waals surface area contributed by atoms with Gasteiger partial charge in [-0.05, 0) is 48.7 Å². The Balaban J connectivity index is 1.32. The Kier molecular flexibility index (Phi) is 6.95. The predicted octanol–water partition coefficient (Wildman–Crippen LogP) is 2.24. The van der Waals surface area contributed by atoms with Gasteiger partial charge >= 0.3 is 0 Å². The van der Waals surface area contributed by atoms with Gasteiger partial charge in [0.25, 0.3) is 11.8 Å².